The summed E-state index contributed by atoms with van der Waals surface area (Å²) in [5.74, 6) is -0.0829. The molecule has 0 saturated carbocycles. The van der Waals surface area contributed by atoms with Crippen molar-refractivity contribution in [1.29, 1.82) is 0 Å². The summed E-state index contributed by atoms with van der Waals surface area (Å²) >= 11 is 0. The Bertz CT molecular complexity index is 851. The van der Waals surface area contributed by atoms with Gasteiger partial charge >= 0.3 is 0 Å². The molecular weight excluding hydrogens is 687 g/mol. The molecule has 0 heterocycles. The predicted octanol–water partition coefficient (Wildman–Crippen LogP) is 16.1. The molecule has 4 nitrogen and oxygen atoms in total. The first-order chi connectivity index (χ1) is 27.7. The molecule has 2 unspecified atom stereocenters. The fraction of sp³-hybridized carbons (Fsp3) is 0.865. The van der Waals surface area contributed by atoms with Crippen molar-refractivity contribution >= 4 is 5.91 Å². The first kappa shape index (κ1) is 54.6. The second-order valence-electron chi connectivity index (χ2n) is 17.2. The Kier molecular flexibility index (Phi) is 46.8. The quantitative estimate of drug-likeness (QED) is 0.0425. The van der Waals surface area contributed by atoms with Gasteiger partial charge in [-0.15, -0.1) is 0 Å². The number of amides is 1. The van der Waals surface area contributed by atoms with Crippen LogP contribution in [-0.2, 0) is 4.79 Å². The summed E-state index contributed by atoms with van der Waals surface area (Å²) in [6.07, 6.45) is 64.4. The molecule has 0 saturated heterocycles. The molecule has 2 atom stereocenters. The zero-order chi connectivity index (χ0) is 40.7. The molecule has 3 N–H and O–H groups in total. The number of hydrogen-bond acceptors (Lipinski definition) is 3. The monoisotopic (exact) mass is 786 g/mol. The van der Waals surface area contributed by atoms with Gasteiger partial charge in [0.05, 0.1) is 18.8 Å². The first-order valence-corrected chi connectivity index (χ1v) is 25.2. The van der Waals surface area contributed by atoms with Gasteiger partial charge < -0.3 is 15.5 Å². The van der Waals surface area contributed by atoms with E-state index in [2.05, 4.69) is 43.5 Å². The zero-order valence-corrected chi connectivity index (χ0v) is 37.9. The van der Waals surface area contributed by atoms with Crippen molar-refractivity contribution in [3.8, 4) is 0 Å². The van der Waals surface area contributed by atoms with Crippen molar-refractivity contribution < 1.29 is 15.0 Å². The SMILES string of the molecule is CCCCC/C=C\CCCCCCCC(=O)NC(CO)C(O)/C=C/CC/C=C/CCCCCCCCCCCCCCCCCCCCCCCCCCCC. The third-order valence-corrected chi connectivity index (χ3v) is 11.6. The van der Waals surface area contributed by atoms with Gasteiger partial charge in [0.15, 0.2) is 0 Å². The molecule has 56 heavy (non-hydrogen) atoms. The van der Waals surface area contributed by atoms with Crippen LogP contribution >= 0.6 is 0 Å². The van der Waals surface area contributed by atoms with E-state index in [0.717, 1.165) is 44.9 Å². The highest BCUT2D eigenvalue weighted by Gasteiger charge is 2.17. The maximum Gasteiger partial charge on any atom is 0.220 e. The molecule has 1 amide bonds. The van der Waals surface area contributed by atoms with Crippen LogP contribution in [-0.4, -0.2) is 34.9 Å². The van der Waals surface area contributed by atoms with Crippen molar-refractivity contribution in [3.05, 3.63) is 36.5 Å². The van der Waals surface area contributed by atoms with E-state index >= 15 is 0 Å². The van der Waals surface area contributed by atoms with Crippen LogP contribution in [0.1, 0.15) is 271 Å². The van der Waals surface area contributed by atoms with Crippen LogP contribution in [0, 0.1) is 0 Å². The van der Waals surface area contributed by atoms with Crippen molar-refractivity contribution in [1.82, 2.24) is 5.32 Å². The average molecular weight is 786 g/mol. The predicted molar refractivity (Wildman–Crippen MR) is 248 cm³/mol. The molecule has 330 valence electrons. The van der Waals surface area contributed by atoms with Gasteiger partial charge in [0.2, 0.25) is 5.91 Å². The molecular formula is C52H99NO3. The highest BCUT2D eigenvalue weighted by Crippen LogP contribution is 2.16. The molecule has 0 aliphatic heterocycles. The Balaban J connectivity index is 3.47. The number of allylic oxidation sites excluding steroid dienone is 5. The molecule has 0 bridgehead atoms. The largest absolute Gasteiger partial charge is 0.394 e. The molecule has 0 rings (SSSR count). The van der Waals surface area contributed by atoms with E-state index in [1.165, 1.54) is 205 Å². The first-order valence-electron chi connectivity index (χ1n) is 25.2. The fourth-order valence-corrected chi connectivity index (χ4v) is 7.72. The summed E-state index contributed by atoms with van der Waals surface area (Å²) < 4.78 is 0. The van der Waals surface area contributed by atoms with Crippen LogP contribution in [0.25, 0.3) is 0 Å². The van der Waals surface area contributed by atoms with Gasteiger partial charge in [0.1, 0.15) is 0 Å². The Morgan fingerprint density at radius 1 is 0.411 bits per heavy atom. The lowest BCUT2D eigenvalue weighted by atomic mass is 10.0. The number of carbonyl (C=O) groups is 1. The molecule has 0 radical (unpaired) electrons. The van der Waals surface area contributed by atoms with Gasteiger partial charge in [-0.2, -0.15) is 0 Å². The molecule has 0 aliphatic rings. The van der Waals surface area contributed by atoms with Gasteiger partial charge in [-0.3, -0.25) is 4.79 Å². The normalized spacial score (nSPS) is 13.1. The van der Waals surface area contributed by atoms with Crippen molar-refractivity contribution in [2.75, 3.05) is 6.61 Å². The Labute approximate surface area is 351 Å². The number of aliphatic hydroxyl groups is 2. The van der Waals surface area contributed by atoms with Crippen molar-refractivity contribution in [2.24, 2.45) is 0 Å². The van der Waals surface area contributed by atoms with Gasteiger partial charge in [-0.1, -0.05) is 243 Å². The molecule has 0 aromatic carbocycles. The topological polar surface area (TPSA) is 69.6 Å². The number of rotatable bonds is 46. The fourth-order valence-electron chi connectivity index (χ4n) is 7.72. The van der Waals surface area contributed by atoms with E-state index in [4.69, 9.17) is 0 Å². The van der Waals surface area contributed by atoms with E-state index in [1.807, 2.05) is 6.08 Å². The maximum atomic E-state index is 12.3. The summed E-state index contributed by atoms with van der Waals surface area (Å²) in [6, 6.07) is -0.642. The molecule has 0 aliphatic carbocycles. The van der Waals surface area contributed by atoms with E-state index in [1.54, 1.807) is 6.08 Å². The third-order valence-electron chi connectivity index (χ3n) is 11.6. The molecule has 0 aromatic heterocycles. The number of unbranched alkanes of at least 4 members (excludes halogenated alkanes) is 35. The van der Waals surface area contributed by atoms with Crippen molar-refractivity contribution in [2.45, 2.75) is 283 Å². The number of hydrogen-bond donors (Lipinski definition) is 3. The Morgan fingerprint density at radius 3 is 1.07 bits per heavy atom. The average Bonchev–Trinajstić information content (AvgIpc) is 3.20. The van der Waals surface area contributed by atoms with Gasteiger partial charge in [0, 0.05) is 6.42 Å². The minimum atomic E-state index is -0.864. The smallest absolute Gasteiger partial charge is 0.220 e. The molecule has 4 heteroatoms. The number of carbonyl (C=O) groups excluding carboxylic acids is 1. The summed E-state index contributed by atoms with van der Waals surface area (Å²) in [4.78, 5) is 12.3. The van der Waals surface area contributed by atoms with Crippen LogP contribution in [0.5, 0.6) is 0 Å². The minimum absolute atomic E-state index is 0.0829. The summed E-state index contributed by atoms with van der Waals surface area (Å²) in [6.45, 7) is 4.28. The van der Waals surface area contributed by atoms with Crippen LogP contribution in [0.15, 0.2) is 36.5 Å². The van der Waals surface area contributed by atoms with E-state index < -0.39 is 12.1 Å². The minimum Gasteiger partial charge on any atom is -0.394 e. The van der Waals surface area contributed by atoms with Gasteiger partial charge in [-0.05, 0) is 57.8 Å². The van der Waals surface area contributed by atoms with E-state index in [-0.39, 0.29) is 12.5 Å². The second-order valence-corrected chi connectivity index (χ2v) is 17.2. The lowest BCUT2D eigenvalue weighted by Crippen LogP contribution is -2.45. The maximum absolute atomic E-state index is 12.3. The zero-order valence-electron chi connectivity index (χ0n) is 37.9. The second kappa shape index (κ2) is 48.0. The Morgan fingerprint density at radius 2 is 0.696 bits per heavy atom. The summed E-state index contributed by atoms with van der Waals surface area (Å²) in [5, 5.41) is 23.0. The van der Waals surface area contributed by atoms with Crippen LogP contribution in [0.3, 0.4) is 0 Å². The van der Waals surface area contributed by atoms with Gasteiger partial charge in [0.25, 0.3) is 0 Å². The van der Waals surface area contributed by atoms with E-state index in [9.17, 15) is 15.0 Å². The highest BCUT2D eigenvalue weighted by atomic mass is 16.3. The van der Waals surface area contributed by atoms with Crippen molar-refractivity contribution in [3.63, 3.8) is 0 Å². The standard InChI is InChI=1S/C52H99NO3/c1-3-5-7-9-11-13-15-17-18-19-20-21-22-23-24-25-26-27-28-29-30-31-32-33-34-35-36-37-39-41-43-45-47-51(55)50(49-54)53-52(56)48-46-44-42-40-38-16-14-12-10-8-6-4-2/h12,14,37,39,45,47,50-51,54-55H,3-11,13,15-36,38,40-44,46,48-49H2,1-2H3,(H,53,56)/b14-12-,39-37+,47-45+. The number of aliphatic hydroxyl groups excluding tert-OH is 2. The lowest BCUT2D eigenvalue weighted by Gasteiger charge is -2.19. The molecule has 0 aromatic rings. The summed E-state index contributed by atoms with van der Waals surface area (Å²) in [5.41, 5.74) is 0. The summed E-state index contributed by atoms with van der Waals surface area (Å²) in [7, 11) is 0. The number of nitrogens with one attached hydrogen (secondary N) is 1. The van der Waals surface area contributed by atoms with E-state index in [0.29, 0.717) is 6.42 Å². The lowest BCUT2D eigenvalue weighted by molar-refractivity contribution is -0.123. The van der Waals surface area contributed by atoms with Crippen LogP contribution in [0.2, 0.25) is 0 Å². The molecule has 0 spiro atoms. The highest BCUT2D eigenvalue weighted by molar-refractivity contribution is 5.76. The van der Waals surface area contributed by atoms with Crippen LogP contribution < -0.4 is 5.32 Å². The molecule has 0 fully saturated rings. The Hall–Kier alpha value is -1.39. The third kappa shape index (κ3) is 43.7. The van der Waals surface area contributed by atoms with Crippen LogP contribution in [0.4, 0.5) is 0 Å². The van der Waals surface area contributed by atoms with Gasteiger partial charge in [-0.25, -0.2) is 0 Å².